The molecule has 11 heteroatoms. The fourth-order valence-corrected chi connectivity index (χ4v) is 3.62. The maximum atomic E-state index is 12.3. The molecule has 25 heavy (non-hydrogen) atoms. The number of benzene rings is 2. The molecule has 2 aromatic carbocycles. The summed E-state index contributed by atoms with van der Waals surface area (Å²) in [5, 5.41) is 0. The van der Waals surface area contributed by atoms with Gasteiger partial charge in [-0.25, -0.2) is 16.8 Å². The molecule has 0 spiro atoms. The van der Waals surface area contributed by atoms with E-state index in [1.165, 1.54) is 30.3 Å². The summed E-state index contributed by atoms with van der Waals surface area (Å²) >= 11 is 1.07. The van der Waals surface area contributed by atoms with Crippen LogP contribution in [-0.4, -0.2) is 27.6 Å². The molecule has 0 atom stereocenters. The minimum Gasteiger partial charge on any atom is -0.744 e. The fourth-order valence-electron chi connectivity index (χ4n) is 1.72. The molecule has 1 N–H and O–H groups in total. The van der Waals surface area contributed by atoms with Crippen LogP contribution < -0.4 is 60.3 Å². The first-order chi connectivity index (χ1) is 10.7. The molecule has 0 amide bonds. The Morgan fingerprint density at radius 2 is 1.60 bits per heavy atom. The summed E-state index contributed by atoms with van der Waals surface area (Å²) in [5.41, 5.74) is -0.0295. The molecule has 0 fully saturated rings. The summed E-state index contributed by atoms with van der Waals surface area (Å²) in [6.45, 7) is 0. The van der Waals surface area contributed by atoms with Crippen LogP contribution in [0, 0.1) is 0 Å². The van der Waals surface area contributed by atoms with Crippen LogP contribution in [0.1, 0.15) is 7.43 Å². The van der Waals surface area contributed by atoms with E-state index in [0.717, 1.165) is 24.2 Å². The molecule has 2 aromatic rings. The molecule has 0 bridgehead atoms. The summed E-state index contributed by atoms with van der Waals surface area (Å²) in [7, 11) is -8.62. The average Bonchev–Trinajstić information content (AvgIpc) is 2.47. The van der Waals surface area contributed by atoms with E-state index in [0.29, 0.717) is 5.75 Å². The Hall–Kier alpha value is -0.114. The average molecular weight is 430 g/mol. The van der Waals surface area contributed by atoms with E-state index in [1.807, 2.05) is 0 Å². The van der Waals surface area contributed by atoms with E-state index in [-0.39, 0.29) is 69.4 Å². The third-order valence-corrected chi connectivity index (χ3v) is 5.24. The molecule has 0 unspecified atom stereocenters. The second kappa shape index (κ2) is 10.3. The van der Waals surface area contributed by atoms with Gasteiger partial charge in [-0.05, 0) is 30.3 Å². The molecule has 0 radical (unpaired) electrons. The number of hydrogen-bond donors (Lipinski definition) is 1. The number of sulfonamides is 1. The Balaban J connectivity index is 0.00000288. The van der Waals surface area contributed by atoms with Crippen molar-refractivity contribution in [3.8, 4) is 5.75 Å². The van der Waals surface area contributed by atoms with Crippen molar-refractivity contribution in [3.05, 3.63) is 48.5 Å². The van der Waals surface area contributed by atoms with Gasteiger partial charge in [0.1, 0.15) is 15.9 Å². The Morgan fingerprint density at radius 1 is 1.00 bits per heavy atom. The van der Waals surface area contributed by atoms with Crippen LogP contribution in [0.3, 0.4) is 0 Å². The fraction of sp³-hybridized carbons (Fsp3) is 0.143. The van der Waals surface area contributed by atoms with E-state index < -0.39 is 25.0 Å². The van der Waals surface area contributed by atoms with Crippen molar-refractivity contribution in [1.29, 1.82) is 0 Å². The van der Waals surface area contributed by atoms with Gasteiger partial charge in [0.25, 0.3) is 10.0 Å². The molecule has 0 aliphatic rings. The predicted octanol–water partition coefficient (Wildman–Crippen LogP) is -0.312. The van der Waals surface area contributed by atoms with Gasteiger partial charge >= 0.3 is 51.4 Å². The van der Waals surface area contributed by atoms with Gasteiger partial charge in [0.2, 0.25) is 0 Å². The molecule has 132 valence electrons. The smallest absolute Gasteiger partial charge is 0.744 e. The first kappa shape index (κ1) is 24.9. The van der Waals surface area contributed by atoms with Crippen molar-refractivity contribution >= 4 is 37.9 Å². The van der Waals surface area contributed by atoms with E-state index in [1.54, 1.807) is 12.3 Å². The van der Waals surface area contributed by atoms with E-state index in [2.05, 4.69) is 4.72 Å². The first-order valence-corrected chi connectivity index (χ1v) is 10.2. The molecular weight excluding hydrogens is 413 g/mol. The van der Waals surface area contributed by atoms with Crippen LogP contribution in [-0.2, 0) is 20.1 Å². The zero-order valence-electron chi connectivity index (χ0n) is 12.8. The standard InChI is InChI=1S/C13H13NO6S3.CH4.K/c1-21-20-11-5-3-6-12(9-11)22(15,16)14-10-4-2-7-13(8-10)23(17,18)19;;/h2-9,14H,1H3,(H,17,18,19);1H4;/q;;+1/p-1. The second-order valence-corrected chi connectivity index (χ2v) is 7.87. The zero-order valence-corrected chi connectivity index (χ0v) is 18.4. The van der Waals surface area contributed by atoms with Crippen LogP contribution in [0.15, 0.2) is 58.3 Å². The Bertz CT molecular complexity index is 916. The number of anilines is 1. The summed E-state index contributed by atoms with van der Waals surface area (Å²) in [6.07, 6.45) is 1.69. The second-order valence-electron chi connectivity index (χ2n) is 4.31. The number of rotatable bonds is 6. The molecule has 0 saturated heterocycles. The normalized spacial score (nSPS) is 11.0. The third kappa shape index (κ3) is 7.19. The van der Waals surface area contributed by atoms with E-state index in [9.17, 15) is 21.4 Å². The Kier molecular flexibility index (Phi) is 10.2. The first-order valence-electron chi connectivity index (χ1n) is 6.12. The molecule has 0 aliphatic carbocycles. The van der Waals surface area contributed by atoms with E-state index >= 15 is 0 Å². The summed E-state index contributed by atoms with van der Waals surface area (Å²) in [5.74, 6) is 0.358. The monoisotopic (exact) mass is 429 g/mol. The summed E-state index contributed by atoms with van der Waals surface area (Å²) in [6, 6.07) is 10.5. The minimum absolute atomic E-state index is 0. The van der Waals surface area contributed by atoms with Crippen LogP contribution >= 0.6 is 12.0 Å². The SMILES string of the molecule is C.CSOc1cccc(S(=O)(=O)Nc2cccc(S(=O)(=O)[O-])c2)c1.[K+]. The van der Waals surface area contributed by atoms with Gasteiger partial charge in [-0.3, -0.25) is 4.72 Å². The van der Waals surface area contributed by atoms with Crippen molar-refractivity contribution in [2.45, 2.75) is 17.2 Å². The predicted molar refractivity (Wildman–Crippen MR) is 92.5 cm³/mol. The minimum atomic E-state index is -4.67. The number of nitrogens with one attached hydrogen (secondary N) is 1. The zero-order chi connectivity index (χ0) is 17.1. The molecule has 0 aromatic heterocycles. The summed E-state index contributed by atoms with van der Waals surface area (Å²) in [4.78, 5) is -0.573. The van der Waals surface area contributed by atoms with E-state index in [4.69, 9.17) is 4.18 Å². The van der Waals surface area contributed by atoms with Gasteiger partial charge < -0.3 is 8.74 Å². The van der Waals surface area contributed by atoms with Crippen molar-refractivity contribution < 1.29 is 77.0 Å². The molecule has 0 heterocycles. The topological polar surface area (TPSA) is 113 Å². The van der Waals surface area contributed by atoms with Gasteiger partial charge in [-0.15, -0.1) is 0 Å². The van der Waals surface area contributed by atoms with Gasteiger partial charge in [-0.2, -0.15) is 0 Å². The largest absolute Gasteiger partial charge is 1.00 e. The van der Waals surface area contributed by atoms with Gasteiger partial charge in [-0.1, -0.05) is 19.6 Å². The Morgan fingerprint density at radius 3 is 2.20 bits per heavy atom. The van der Waals surface area contributed by atoms with Crippen molar-refractivity contribution in [2.75, 3.05) is 11.0 Å². The van der Waals surface area contributed by atoms with Crippen molar-refractivity contribution in [3.63, 3.8) is 0 Å². The maximum Gasteiger partial charge on any atom is 1.00 e. The molecule has 7 nitrogen and oxygen atoms in total. The van der Waals surface area contributed by atoms with Gasteiger partial charge in [0.15, 0.2) is 0 Å². The third-order valence-electron chi connectivity index (χ3n) is 2.67. The van der Waals surface area contributed by atoms with Crippen LogP contribution in [0.2, 0.25) is 0 Å². The summed E-state index contributed by atoms with van der Waals surface area (Å²) < 4.78 is 65.0. The van der Waals surface area contributed by atoms with Crippen LogP contribution in [0.4, 0.5) is 5.69 Å². The number of hydrogen-bond acceptors (Lipinski definition) is 7. The van der Waals surface area contributed by atoms with Crippen LogP contribution in [0.5, 0.6) is 5.75 Å². The van der Waals surface area contributed by atoms with Gasteiger partial charge in [0.05, 0.1) is 27.5 Å². The maximum absolute atomic E-state index is 12.3. The molecule has 0 saturated carbocycles. The van der Waals surface area contributed by atoms with Crippen molar-refractivity contribution in [1.82, 2.24) is 0 Å². The van der Waals surface area contributed by atoms with Crippen molar-refractivity contribution in [2.24, 2.45) is 0 Å². The van der Waals surface area contributed by atoms with Gasteiger partial charge in [0, 0.05) is 12.3 Å². The quantitative estimate of drug-likeness (QED) is 0.381. The van der Waals surface area contributed by atoms with Crippen LogP contribution in [0.25, 0.3) is 0 Å². The molecule has 2 rings (SSSR count). The molecular formula is C14H16KNO6S3. The molecule has 0 aliphatic heterocycles. The Labute approximate surface area is 195 Å².